The van der Waals surface area contributed by atoms with Crippen LogP contribution in [0.5, 0.6) is 0 Å². The molecular weight excluding hydrogens is 304 g/mol. The van der Waals surface area contributed by atoms with Gasteiger partial charge in [-0.3, -0.25) is 23.9 Å². The molecule has 1 heterocycles. The number of aromatic amines is 1. The van der Waals surface area contributed by atoms with Crippen LogP contribution < -0.4 is 16.6 Å². The first-order chi connectivity index (χ1) is 10.9. The van der Waals surface area contributed by atoms with E-state index in [0.29, 0.717) is 12.8 Å². The molecule has 1 aromatic rings. The van der Waals surface area contributed by atoms with E-state index in [0.717, 1.165) is 29.7 Å². The van der Waals surface area contributed by atoms with Crippen molar-refractivity contribution in [1.29, 1.82) is 5.26 Å². The van der Waals surface area contributed by atoms with Gasteiger partial charge in [-0.2, -0.15) is 5.26 Å². The molecule has 2 rings (SSSR count). The minimum atomic E-state index is -0.876. The first-order valence-electron chi connectivity index (χ1n) is 7.12. The Morgan fingerprint density at radius 1 is 1.39 bits per heavy atom. The minimum absolute atomic E-state index is 0.424. The van der Waals surface area contributed by atoms with E-state index in [-0.39, 0.29) is 0 Å². The highest BCUT2D eigenvalue weighted by Crippen LogP contribution is 2.28. The lowest BCUT2D eigenvalue weighted by Gasteiger charge is -2.21. The van der Waals surface area contributed by atoms with E-state index in [1.165, 1.54) is 0 Å². The van der Waals surface area contributed by atoms with E-state index in [2.05, 4.69) is 11.4 Å². The van der Waals surface area contributed by atoms with Gasteiger partial charge < -0.3 is 10.1 Å². The molecule has 0 unspecified atom stereocenters. The lowest BCUT2D eigenvalue weighted by Crippen LogP contribution is -2.46. The van der Waals surface area contributed by atoms with E-state index in [4.69, 9.17) is 10.00 Å². The number of aromatic nitrogens is 2. The Morgan fingerprint density at radius 3 is 2.70 bits per heavy atom. The summed E-state index contributed by atoms with van der Waals surface area (Å²) in [6, 6.07) is 3.19. The Hall–Kier alpha value is -2.89. The molecule has 9 nitrogen and oxygen atoms in total. The van der Waals surface area contributed by atoms with Crippen LogP contribution in [0.4, 0.5) is 0 Å². The molecule has 0 radical (unpaired) electrons. The summed E-state index contributed by atoms with van der Waals surface area (Å²) >= 11 is 0. The largest absolute Gasteiger partial charge is 0.454 e. The zero-order chi connectivity index (χ0) is 16.9. The van der Waals surface area contributed by atoms with Crippen molar-refractivity contribution in [2.45, 2.75) is 37.8 Å². The highest BCUT2D eigenvalue weighted by molar-refractivity contribution is 5.81. The lowest BCUT2D eigenvalue weighted by molar-refractivity contribution is -0.149. The first-order valence-corrected chi connectivity index (χ1v) is 7.12. The van der Waals surface area contributed by atoms with Crippen LogP contribution in [0.1, 0.15) is 25.7 Å². The summed E-state index contributed by atoms with van der Waals surface area (Å²) in [4.78, 5) is 47.7. The molecular formula is C14H16N4O5. The molecule has 1 aliphatic rings. The van der Waals surface area contributed by atoms with Gasteiger partial charge in [-0.15, -0.1) is 0 Å². The molecule has 0 spiro atoms. The fraction of sp³-hybridized carbons (Fsp3) is 0.500. The second kappa shape index (κ2) is 6.91. The summed E-state index contributed by atoms with van der Waals surface area (Å²) in [5.74, 6) is -1.36. The maximum absolute atomic E-state index is 11.8. The van der Waals surface area contributed by atoms with Gasteiger partial charge >= 0.3 is 11.7 Å². The van der Waals surface area contributed by atoms with E-state index >= 15 is 0 Å². The maximum atomic E-state index is 11.8. The van der Waals surface area contributed by atoms with E-state index in [1.54, 1.807) is 0 Å². The molecule has 23 heavy (non-hydrogen) atoms. The predicted octanol–water partition coefficient (Wildman–Crippen LogP) is -0.968. The van der Waals surface area contributed by atoms with Crippen LogP contribution in [0.25, 0.3) is 0 Å². The summed E-state index contributed by atoms with van der Waals surface area (Å²) in [5.41, 5.74) is -2.19. The third-order valence-electron chi connectivity index (χ3n) is 3.61. The fourth-order valence-corrected chi connectivity index (χ4v) is 2.45. The third kappa shape index (κ3) is 4.29. The summed E-state index contributed by atoms with van der Waals surface area (Å²) in [5, 5.41) is 11.7. The Labute approximate surface area is 130 Å². The van der Waals surface area contributed by atoms with E-state index in [1.807, 2.05) is 4.98 Å². The van der Waals surface area contributed by atoms with Crippen LogP contribution >= 0.6 is 0 Å². The summed E-state index contributed by atoms with van der Waals surface area (Å²) < 4.78 is 5.73. The molecule has 1 amide bonds. The SMILES string of the molecule is N#CC1(NC(=O)COC(=O)Cn2ccc(=O)[nH]c2=O)CCCC1. The number of hydrogen-bond acceptors (Lipinski definition) is 6. The third-order valence-corrected chi connectivity index (χ3v) is 3.61. The quantitative estimate of drug-likeness (QED) is 0.671. The molecule has 0 aromatic carbocycles. The predicted molar refractivity (Wildman–Crippen MR) is 77.2 cm³/mol. The van der Waals surface area contributed by atoms with Gasteiger partial charge in [-0.1, -0.05) is 0 Å². The molecule has 1 fully saturated rings. The van der Waals surface area contributed by atoms with E-state index < -0.39 is 41.8 Å². The molecule has 1 aromatic heterocycles. The number of amides is 1. The van der Waals surface area contributed by atoms with Crippen molar-refractivity contribution >= 4 is 11.9 Å². The summed E-state index contributed by atoms with van der Waals surface area (Å²) in [6.45, 7) is -0.952. The van der Waals surface area contributed by atoms with Crippen molar-refractivity contribution in [3.05, 3.63) is 33.1 Å². The molecule has 122 valence electrons. The number of nitriles is 1. The summed E-state index contributed by atoms with van der Waals surface area (Å²) in [7, 11) is 0. The van der Waals surface area contributed by atoms with Gasteiger partial charge in [-0.05, 0) is 25.7 Å². The number of H-pyrrole nitrogens is 1. The maximum Gasteiger partial charge on any atom is 0.328 e. The van der Waals surface area contributed by atoms with Crippen LogP contribution in [0, 0.1) is 11.3 Å². The molecule has 2 N–H and O–H groups in total. The van der Waals surface area contributed by atoms with Gasteiger partial charge in [0.05, 0.1) is 6.07 Å². The van der Waals surface area contributed by atoms with Crippen molar-refractivity contribution in [3.8, 4) is 6.07 Å². The van der Waals surface area contributed by atoms with Gasteiger partial charge in [0.25, 0.3) is 11.5 Å². The van der Waals surface area contributed by atoms with Crippen molar-refractivity contribution < 1.29 is 14.3 Å². The van der Waals surface area contributed by atoms with Gasteiger partial charge in [0, 0.05) is 12.3 Å². The van der Waals surface area contributed by atoms with Gasteiger partial charge in [0.2, 0.25) is 0 Å². The normalized spacial score (nSPS) is 15.6. The zero-order valence-corrected chi connectivity index (χ0v) is 12.3. The zero-order valence-electron chi connectivity index (χ0n) is 12.3. The number of carbonyl (C=O) groups is 2. The number of esters is 1. The second-order valence-electron chi connectivity index (χ2n) is 5.35. The molecule has 0 bridgehead atoms. The summed E-state index contributed by atoms with van der Waals surface area (Å²) in [6.07, 6.45) is 4.04. The highest BCUT2D eigenvalue weighted by Gasteiger charge is 2.35. The number of rotatable bonds is 5. The number of nitrogens with one attached hydrogen (secondary N) is 2. The topological polar surface area (TPSA) is 134 Å². The van der Waals surface area contributed by atoms with Crippen molar-refractivity contribution in [2.24, 2.45) is 0 Å². The number of carbonyl (C=O) groups excluding carboxylic acids is 2. The van der Waals surface area contributed by atoms with Crippen molar-refractivity contribution in [3.63, 3.8) is 0 Å². The van der Waals surface area contributed by atoms with E-state index in [9.17, 15) is 19.2 Å². The fourth-order valence-electron chi connectivity index (χ4n) is 2.45. The molecule has 1 saturated carbocycles. The average molecular weight is 320 g/mol. The van der Waals surface area contributed by atoms with Crippen LogP contribution in [0.3, 0.4) is 0 Å². The Kier molecular flexibility index (Phi) is 4.95. The minimum Gasteiger partial charge on any atom is -0.454 e. The highest BCUT2D eigenvalue weighted by atomic mass is 16.5. The van der Waals surface area contributed by atoms with Gasteiger partial charge in [0.1, 0.15) is 12.1 Å². The molecule has 0 saturated heterocycles. The Morgan fingerprint density at radius 2 is 2.09 bits per heavy atom. The van der Waals surface area contributed by atoms with Crippen LogP contribution in [0.2, 0.25) is 0 Å². The van der Waals surface area contributed by atoms with Gasteiger partial charge in [0.15, 0.2) is 6.61 Å². The standard InChI is InChI=1S/C14H16N4O5/c15-9-14(4-1-2-5-14)17-11(20)8-23-12(21)7-18-6-3-10(19)16-13(18)22/h3,6H,1-2,4-5,7-8H2,(H,17,20)(H,16,19,22). The molecule has 9 heteroatoms. The second-order valence-corrected chi connectivity index (χ2v) is 5.35. The number of hydrogen-bond donors (Lipinski definition) is 2. The van der Waals surface area contributed by atoms with Crippen molar-refractivity contribution in [1.82, 2.24) is 14.9 Å². The Bertz CT molecular complexity index is 751. The molecule has 1 aliphatic carbocycles. The van der Waals surface area contributed by atoms with Crippen LogP contribution in [-0.2, 0) is 20.9 Å². The number of ether oxygens (including phenoxy) is 1. The molecule has 0 atom stereocenters. The lowest BCUT2D eigenvalue weighted by atomic mass is 10.00. The Balaban J connectivity index is 1.84. The number of nitrogens with zero attached hydrogens (tertiary/aromatic N) is 2. The molecule has 0 aliphatic heterocycles. The van der Waals surface area contributed by atoms with Crippen molar-refractivity contribution in [2.75, 3.05) is 6.61 Å². The monoisotopic (exact) mass is 320 g/mol. The van der Waals surface area contributed by atoms with Gasteiger partial charge in [-0.25, -0.2) is 4.79 Å². The average Bonchev–Trinajstić information content (AvgIpc) is 2.97. The first kappa shape index (κ1) is 16.5. The smallest absolute Gasteiger partial charge is 0.328 e. The van der Waals surface area contributed by atoms with Crippen LogP contribution in [0.15, 0.2) is 21.9 Å². The van der Waals surface area contributed by atoms with Crippen LogP contribution in [-0.4, -0.2) is 33.6 Å².